The van der Waals surface area contributed by atoms with Gasteiger partial charge in [0.2, 0.25) is 15.8 Å². The van der Waals surface area contributed by atoms with Gasteiger partial charge < -0.3 is 11.1 Å². The average Bonchev–Trinajstić information content (AvgIpc) is 3.10. The maximum Gasteiger partial charge on any atom is 0.219 e. The molecule has 2 aromatic carbocycles. The van der Waals surface area contributed by atoms with Gasteiger partial charge in [-0.25, -0.2) is 18.4 Å². The zero-order valence-electron chi connectivity index (χ0n) is 14.2. The van der Waals surface area contributed by atoms with E-state index in [2.05, 4.69) is 15.3 Å². The number of aryl methyl sites for hydroxylation is 1. The summed E-state index contributed by atoms with van der Waals surface area (Å²) in [4.78, 5) is 8.55. The second-order valence-electron chi connectivity index (χ2n) is 6.31. The number of nitrogens with zero attached hydrogens (tertiary/aromatic N) is 2. The number of aromatic nitrogens is 2. The van der Waals surface area contributed by atoms with Crippen molar-refractivity contribution in [3.63, 3.8) is 0 Å². The largest absolute Gasteiger partial charge is 0.384 e. The molecule has 0 bridgehead atoms. The predicted octanol–water partition coefficient (Wildman–Crippen LogP) is 2.84. The van der Waals surface area contributed by atoms with E-state index in [1.165, 1.54) is 0 Å². The highest BCUT2D eigenvalue weighted by Gasteiger charge is 2.21. The van der Waals surface area contributed by atoms with Crippen LogP contribution in [0.25, 0.3) is 11.1 Å². The van der Waals surface area contributed by atoms with Crippen molar-refractivity contribution < 1.29 is 8.42 Å². The molecular weight excluding hydrogens is 348 g/mol. The SMILES string of the molecule is Cc1ccc(S(=O)(=O)c2ccc3c(c2)CCN3)cc1-c1cnc(N)nc1. The Balaban J connectivity index is 1.80. The van der Waals surface area contributed by atoms with Crippen molar-refractivity contribution in [2.75, 3.05) is 17.6 Å². The first-order valence-electron chi connectivity index (χ1n) is 8.25. The van der Waals surface area contributed by atoms with Gasteiger partial charge in [-0.05, 0) is 60.4 Å². The van der Waals surface area contributed by atoms with Crippen LogP contribution in [0.2, 0.25) is 0 Å². The van der Waals surface area contributed by atoms with Crippen molar-refractivity contribution in [1.29, 1.82) is 0 Å². The molecule has 132 valence electrons. The third-order valence-electron chi connectivity index (χ3n) is 4.60. The Kier molecular flexibility index (Phi) is 3.88. The van der Waals surface area contributed by atoms with Crippen LogP contribution >= 0.6 is 0 Å². The Labute approximate surface area is 152 Å². The lowest BCUT2D eigenvalue weighted by atomic mass is 10.0. The molecule has 0 fully saturated rings. The van der Waals surface area contributed by atoms with E-state index in [4.69, 9.17) is 5.73 Å². The van der Waals surface area contributed by atoms with Gasteiger partial charge >= 0.3 is 0 Å². The van der Waals surface area contributed by atoms with Crippen LogP contribution in [0.15, 0.2) is 58.6 Å². The fourth-order valence-electron chi connectivity index (χ4n) is 3.14. The summed E-state index contributed by atoms with van der Waals surface area (Å²) in [7, 11) is -3.61. The molecule has 0 saturated heterocycles. The molecule has 7 heteroatoms. The minimum atomic E-state index is -3.61. The topological polar surface area (TPSA) is 98.0 Å². The molecule has 3 aromatic rings. The number of nitrogen functional groups attached to an aromatic ring is 1. The van der Waals surface area contributed by atoms with Crippen LogP contribution in [0.4, 0.5) is 11.6 Å². The summed E-state index contributed by atoms with van der Waals surface area (Å²) in [6, 6.07) is 10.4. The van der Waals surface area contributed by atoms with E-state index in [0.717, 1.165) is 40.9 Å². The number of benzene rings is 2. The summed E-state index contributed by atoms with van der Waals surface area (Å²) < 4.78 is 26.2. The number of sulfone groups is 1. The lowest BCUT2D eigenvalue weighted by Crippen LogP contribution is -2.03. The van der Waals surface area contributed by atoms with Crippen LogP contribution in [0.5, 0.6) is 0 Å². The summed E-state index contributed by atoms with van der Waals surface area (Å²) in [5.74, 6) is 0.182. The van der Waals surface area contributed by atoms with Gasteiger partial charge in [0.15, 0.2) is 0 Å². The second-order valence-corrected chi connectivity index (χ2v) is 8.26. The van der Waals surface area contributed by atoms with Crippen LogP contribution in [-0.2, 0) is 16.3 Å². The van der Waals surface area contributed by atoms with E-state index < -0.39 is 9.84 Å². The van der Waals surface area contributed by atoms with Gasteiger partial charge in [0, 0.05) is 30.2 Å². The number of nitrogens with two attached hydrogens (primary N) is 1. The first-order chi connectivity index (χ1) is 12.4. The van der Waals surface area contributed by atoms with E-state index >= 15 is 0 Å². The number of rotatable bonds is 3. The maximum absolute atomic E-state index is 13.1. The van der Waals surface area contributed by atoms with Crippen molar-refractivity contribution in [3.05, 3.63) is 59.9 Å². The first kappa shape index (κ1) is 16.5. The quantitative estimate of drug-likeness (QED) is 0.740. The van der Waals surface area contributed by atoms with Gasteiger partial charge in [-0.15, -0.1) is 0 Å². The van der Waals surface area contributed by atoms with Gasteiger partial charge in [0.25, 0.3) is 0 Å². The van der Waals surface area contributed by atoms with Crippen molar-refractivity contribution in [3.8, 4) is 11.1 Å². The molecule has 1 aliphatic heterocycles. The Morgan fingerprint density at radius 1 is 1.04 bits per heavy atom. The molecule has 0 saturated carbocycles. The smallest absolute Gasteiger partial charge is 0.219 e. The van der Waals surface area contributed by atoms with E-state index in [9.17, 15) is 8.42 Å². The van der Waals surface area contributed by atoms with Gasteiger partial charge in [-0.1, -0.05) is 6.07 Å². The standard InChI is InChI=1S/C19H18N4O2S/c1-12-2-3-16(9-17(12)14-10-22-19(20)23-11-14)26(24,25)15-4-5-18-13(8-15)6-7-21-18/h2-5,8-11,21H,6-7H2,1H3,(H2,20,22,23). The summed E-state index contributed by atoms with van der Waals surface area (Å²) >= 11 is 0. The molecule has 0 aliphatic carbocycles. The van der Waals surface area contributed by atoms with Crippen LogP contribution in [0.3, 0.4) is 0 Å². The fraction of sp³-hybridized carbons (Fsp3) is 0.158. The highest BCUT2D eigenvalue weighted by molar-refractivity contribution is 7.91. The van der Waals surface area contributed by atoms with Crippen molar-refractivity contribution in [2.45, 2.75) is 23.1 Å². The molecule has 26 heavy (non-hydrogen) atoms. The summed E-state index contributed by atoms with van der Waals surface area (Å²) in [5.41, 5.74) is 10.0. The molecule has 2 heterocycles. The van der Waals surface area contributed by atoms with Crippen molar-refractivity contribution in [1.82, 2.24) is 9.97 Å². The third kappa shape index (κ3) is 2.80. The number of hydrogen-bond donors (Lipinski definition) is 2. The van der Waals surface area contributed by atoms with E-state index in [1.807, 2.05) is 13.0 Å². The van der Waals surface area contributed by atoms with Crippen LogP contribution in [-0.4, -0.2) is 24.9 Å². The molecule has 0 radical (unpaired) electrons. The molecule has 3 N–H and O–H groups in total. The second kappa shape index (κ2) is 6.10. The highest BCUT2D eigenvalue weighted by Crippen LogP contribution is 2.31. The summed E-state index contributed by atoms with van der Waals surface area (Å²) in [5, 5.41) is 3.24. The molecule has 0 spiro atoms. The van der Waals surface area contributed by atoms with Gasteiger partial charge in [0.05, 0.1) is 9.79 Å². The molecule has 4 rings (SSSR count). The minimum absolute atomic E-state index is 0.182. The predicted molar refractivity (Wildman–Crippen MR) is 101 cm³/mol. The monoisotopic (exact) mass is 366 g/mol. The number of fused-ring (bicyclic) bond motifs is 1. The van der Waals surface area contributed by atoms with E-state index in [-0.39, 0.29) is 10.8 Å². The zero-order chi connectivity index (χ0) is 18.3. The summed E-state index contributed by atoms with van der Waals surface area (Å²) in [6.45, 7) is 2.76. The molecule has 6 nitrogen and oxygen atoms in total. The minimum Gasteiger partial charge on any atom is -0.384 e. The number of nitrogens with one attached hydrogen (secondary N) is 1. The fourth-order valence-corrected chi connectivity index (χ4v) is 4.48. The average molecular weight is 366 g/mol. The van der Waals surface area contributed by atoms with Gasteiger partial charge in [-0.2, -0.15) is 0 Å². The van der Waals surface area contributed by atoms with Crippen molar-refractivity contribution in [2.24, 2.45) is 0 Å². The Morgan fingerprint density at radius 3 is 2.50 bits per heavy atom. The van der Waals surface area contributed by atoms with Crippen molar-refractivity contribution >= 4 is 21.5 Å². The van der Waals surface area contributed by atoms with Crippen LogP contribution in [0, 0.1) is 6.92 Å². The molecule has 1 aromatic heterocycles. The first-order valence-corrected chi connectivity index (χ1v) is 9.74. The molecule has 0 amide bonds. The Hall–Kier alpha value is -2.93. The molecule has 1 aliphatic rings. The third-order valence-corrected chi connectivity index (χ3v) is 6.35. The van der Waals surface area contributed by atoms with Crippen LogP contribution in [0.1, 0.15) is 11.1 Å². The molecule has 0 unspecified atom stereocenters. The molecular formula is C19H18N4O2S. The van der Waals surface area contributed by atoms with E-state index in [0.29, 0.717) is 4.90 Å². The van der Waals surface area contributed by atoms with E-state index in [1.54, 1.807) is 42.7 Å². The van der Waals surface area contributed by atoms with Gasteiger partial charge in [0.1, 0.15) is 0 Å². The highest BCUT2D eigenvalue weighted by atomic mass is 32.2. The summed E-state index contributed by atoms with van der Waals surface area (Å²) in [6.07, 6.45) is 4.03. The number of anilines is 2. The Morgan fingerprint density at radius 2 is 1.73 bits per heavy atom. The normalized spacial score (nSPS) is 13.3. The van der Waals surface area contributed by atoms with Gasteiger partial charge in [-0.3, -0.25) is 0 Å². The van der Waals surface area contributed by atoms with Crippen LogP contribution < -0.4 is 11.1 Å². The Bertz CT molecular complexity index is 1090. The lowest BCUT2D eigenvalue weighted by molar-refractivity contribution is 0.596. The number of hydrogen-bond acceptors (Lipinski definition) is 6. The maximum atomic E-state index is 13.1. The molecule has 0 atom stereocenters. The zero-order valence-corrected chi connectivity index (χ0v) is 15.0. The lowest BCUT2D eigenvalue weighted by Gasteiger charge is -2.11.